The van der Waals surface area contributed by atoms with Crippen molar-refractivity contribution in [2.24, 2.45) is 4.99 Å². The van der Waals surface area contributed by atoms with Gasteiger partial charge in [0.25, 0.3) is 0 Å². The number of anilines is 1. The molecule has 3 aromatic rings. The van der Waals surface area contributed by atoms with Crippen molar-refractivity contribution in [3.8, 4) is 0 Å². The first kappa shape index (κ1) is 23.1. The highest BCUT2D eigenvalue weighted by Gasteiger charge is 2.23. The molecule has 164 valence electrons. The second-order valence-corrected chi connectivity index (χ2v) is 7.66. The first-order valence-corrected chi connectivity index (χ1v) is 10.7. The molecule has 4 rings (SSSR count). The molecule has 2 N–H and O–H groups in total. The molecule has 31 heavy (non-hydrogen) atoms. The molecule has 2 aromatic carbocycles. The van der Waals surface area contributed by atoms with Gasteiger partial charge in [-0.3, -0.25) is 0 Å². The lowest BCUT2D eigenvalue weighted by molar-refractivity contribution is 0.649. The van der Waals surface area contributed by atoms with Gasteiger partial charge in [-0.1, -0.05) is 42.5 Å². The zero-order valence-electron chi connectivity index (χ0n) is 17.9. The van der Waals surface area contributed by atoms with E-state index in [1.165, 1.54) is 16.8 Å². The summed E-state index contributed by atoms with van der Waals surface area (Å²) in [6.45, 7) is 6.50. The van der Waals surface area contributed by atoms with Gasteiger partial charge in [0.2, 0.25) is 0 Å². The van der Waals surface area contributed by atoms with Gasteiger partial charge in [0.15, 0.2) is 5.96 Å². The van der Waals surface area contributed by atoms with Crippen LogP contribution in [-0.2, 0) is 13.1 Å². The van der Waals surface area contributed by atoms with Crippen molar-refractivity contribution in [3.63, 3.8) is 0 Å². The molecule has 0 radical (unpaired) electrons. The van der Waals surface area contributed by atoms with Crippen molar-refractivity contribution in [2.45, 2.75) is 32.5 Å². The smallest absolute Gasteiger partial charge is 0.191 e. The standard InChI is InChI=1S/C24H30N6.HI/c1-2-26-24(28-22-11-13-30(18-22)23-9-4-3-5-10-23)27-16-20-7-6-8-21(15-20)17-29-14-12-25-19-29;/h3-10,12,14-15,19,22H,2,11,13,16-18H2,1H3,(H2,26,27,28);1H. The van der Waals surface area contributed by atoms with E-state index in [1.807, 2.05) is 18.7 Å². The Hall–Kier alpha value is -2.55. The lowest BCUT2D eigenvalue weighted by atomic mass is 10.1. The molecule has 1 saturated heterocycles. The first-order valence-electron chi connectivity index (χ1n) is 10.7. The highest BCUT2D eigenvalue weighted by atomic mass is 127. The number of benzene rings is 2. The van der Waals surface area contributed by atoms with Gasteiger partial charge in [0, 0.05) is 50.3 Å². The average molecular weight is 530 g/mol. The van der Waals surface area contributed by atoms with Crippen LogP contribution in [0.2, 0.25) is 0 Å². The van der Waals surface area contributed by atoms with Crippen molar-refractivity contribution in [1.29, 1.82) is 0 Å². The van der Waals surface area contributed by atoms with Gasteiger partial charge in [-0.15, -0.1) is 24.0 Å². The Balaban J connectivity index is 0.00000272. The van der Waals surface area contributed by atoms with E-state index < -0.39 is 0 Å². The number of guanidine groups is 1. The van der Waals surface area contributed by atoms with Gasteiger partial charge < -0.3 is 20.1 Å². The third-order valence-electron chi connectivity index (χ3n) is 5.33. The highest BCUT2D eigenvalue weighted by Crippen LogP contribution is 2.19. The van der Waals surface area contributed by atoms with Crippen molar-refractivity contribution < 1.29 is 0 Å². The largest absolute Gasteiger partial charge is 0.369 e. The lowest BCUT2D eigenvalue weighted by Crippen LogP contribution is -2.44. The summed E-state index contributed by atoms with van der Waals surface area (Å²) in [7, 11) is 0. The Morgan fingerprint density at radius 2 is 1.97 bits per heavy atom. The van der Waals surface area contributed by atoms with E-state index in [4.69, 9.17) is 4.99 Å². The topological polar surface area (TPSA) is 57.5 Å². The van der Waals surface area contributed by atoms with Crippen LogP contribution in [0.3, 0.4) is 0 Å². The fraction of sp³-hybridized carbons (Fsp3) is 0.333. The Morgan fingerprint density at radius 3 is 2.74 bits per heavy atom. The van der Waals surface area contributed by atoms with E-state index in [0.29, 0.717) is 12.6 Å². The maximum atomic E-state index is 4.84. The van der Waals surface area contributed by atoms with Crippen LogP contribution in [0.25, 0.3) is 0 Å². The molecule has 0 spiro atoms. The number of halogens is 1. The SMILES string of the molecule is CCNC(=NCc1cccc(Cn2ccnc2)c1)NC1CCN(c2ccccc2)C1.I. The van der Waals surface area contributed by atoms with Crippen LogP contribution < -0.4 is 15.5 Å². The molecule has 0 bridgehead atoms. The number of nitrogens with one attached hydrogen (secondary N) is 2. The van der Waals surface area contributed by atoms with Gasteiger partial charge in [-0.2, -0.15) is 0 Å². The monoisotopic (exact) mass is 530 g/mol. The van der Waals surface area contributed by atoms with Crippen LogP contribution in [-0.4, -0.2) is 41.2 Å². The molecule has 0 saturated carbocycles. The molecule has 6 nitrogen and oxygen atoms in total. The quantitative estimate of drug-likeness (QED) is 0.277. The van der Waals surface area contributed by atoms with E-state index >= 15 is 0 Å². The van der Waals surface area contributed by atoms with Crippen molar-refractivity contribution in [1.82, 2.24) is 20.2 Å². The Kier molecular flexibility index (Phi) is 8.75. The molecule has 1 atom stereocenters. The van der Waals surface area contributed by atoms with Crippen LogP contribution in [0.4, 0.5) is 5.69 Å². The van der Waals surface area contributed by atoms with E-state index in [9.17, 15) is 0 Å². The maximum absolute atomic E-state index is 4.84. The fourth-order valence-corrected chi connectivity index (χ4v) is 3.85. The molecule has 1 aliphatic heterocycles. The summed E-state index contributed by atoms with van der Waals surface area (Å²) < 4.78 is 2.08. The summed E-state index contributed by atoms with van der Waals surface area (Å²) in [6.07, 6.45) is 6.75. The minimum absolute atomic E-state index is 0. The number of rotatable bonds is 7. The summed E-state index contributed by atoms with van der Waals surface area (Å²) in [6, 6.07) is 19.6. The molecular weight excluding hydrogens is 499 g/mol. The van der Waals surface area contributed by atoms with Crippen LogP contribution in [0.15, 0.2) is 78.3 Å². The Bertz CT molecular complexity index is 942. The van der Waals surface area contributed by atoms with Crippen molar-refractivity contribution in [3.05, 3.63) is 84.4 Å². The summed E-state index contributed by atoms with van der Waals surface area (Å²) in [5.74, 6) is 0.887. The number of hydrogen-bond acceptors (Lipinski definition) is 3. The van der Waals surface area contributed by atoms with Gasteiger partial charge in [-0.25, -0.2) is 9.98 Å². The van der Waals surface area contributed by atoms with Crippen molar-refractivity contribution in [2.75, 3.05) is 24.5 Å². The molecule has 0 amide bonds. The number of aromatic nitrogens is 2. The van der Waals surface area contributed by atoms with E-state index in [-0.39, 0.29) is 24.0 Å². The second kappa shape index (κ2) is 11.7. The van der Waals surface area contributed by atoms with Crippen LogP contribution in [0.5, 0.6) is 0 Å². The zero-order valence-corrected chi connectivity index (χ0v) is 20.3. The molecule has 1 aromatic heterocycles. The van der Waals surface area contributed by atoms with Crippen molar-refractivity contribution >= 4 is 35.6 Å². The lowest BCUT2D eigenvalue weighted by Gasteiger charge is -2.20. The number of para-hydroxylation sites is 1. The summed E-state index contributed by atoms with van der Waals surface area (Å²) in [4.78, 5) is 11.4. The van der Waals surface area contributed by atoms with E-state index in [1.54, 1.807) is 0 Å². The maximum Gasteiger partial charge on any atom is 0.191 e. The third-order valence-corrected chi connectivity index (χ3v) is 5.33. The highest BCUT2D eigenvalue weighted by molar-refractivity contribution is 14.0. The van der Waals surface area contributed by atoms with Gasteiger partial charge in [0.05, 0.1) is 12.9 Å². The average Bonchev–Trinajstić information content (AvgIpc) is 3.45. The predicted octanol–water partition coefficient (Wildman–Crippen LogP) is 3.88. The molecule has 1 fully saturated rings. The number of nitrogens with zero attached hydrogens (tertiary/aromatic N) is 4. The third kappa shape index (κ3) is 6.72. The minimum atomic E-state index is 0. The summed E-state index contributed by atoms with van der Waals surface area (Å²) in [5.41, 5.74) is 3.76. The minimum Gasteiger partial charge on any atom is -0.369 e. The zero-order chi connectivity index (χ0) is 20.6. The number of hydrogen-bond donors (Lipinski definition) is 2. The van der Waals surface area contributed by atoms with Gasteiger partial charge in [0.1, 0.15) is 0 Å². The molecule has 1 aliphatic rings. The fourth-order valence-electron chi connectivity index (χ4n) is 3.85. The van der Waals surface area contributed by atoms with E-state index in [2.05, 4.69) is 86.6 Å². The normalized spacial score (nSPS) is 16.1. The second-order valence-electron chi connectivity index (χ2n) is 7.66. The first-order chi connectivity index (χ1) is 14.8. The predicted molar refractivity (Wildman–Crippen MR) is 138 cm³/mol. The number of imidazole rings is 1. The Labute approximate surface area is 201 Å². The van der Waals surface area contributed by atoms with Crippen LogP contribution in [0, 0.1) is 0 Å². The van der Waals surface area contributed by atoms with E-state index in [0.717, 1.165) is 38.6 Å². The van der Waals surface area contributed by atoms with Gasteiger partial charge >= 0.3 is 0 Å². The summed E-state index contributed by atoms with van der Waals surface area (Å²) in [5, 5.41) is 7.02. The summed E-state index contributed by atoms with van der Waals surface area (Å²) >= 11 is 0. The molecule has 7 heteroatoms. The molecular formula is C24H31IN6. The number of aliphatic imine (C=N–C) groups is 1. The van der Waals surface area contributed by atoms with Crippen LogP contribution in [0.1, 0.15) is 24.5 Å². The van der Waals surface area contributed by atoms with Crippen LogP contribution >= 0.6 is 24.0 Å². The molecule has 0 aliphatic carbocycles. The molecule has 2 heterocycles. The van der Waals surface area contributed by atoms with Gasteiger partial charge in [-0.05, 0) is 36.6 Å². The Morgan fingerprint density at radius 1 is 1.13 bits per heavy atom. The molecule has 1 unspecified atom stereocenters.